The first kappa shape index (κ1) is 19.2. The van der Waals surface area contributed by atoms with Crippen LogP contribution in [0.4, 0.5) is 11.6 Å². The van der Waals surface area contributed by atoms with Crippen LogP contribution in [0.25, 0.3) is 0 Å². The molecule has 146 valence electrons. The van der Waals surface area contributed by atoms with E-state index >= 15 is 0 Å². The molecule has 7 nitrogen and oxygen atoms in total. The van der Waals surface area contributed by atoms with Gasteiger partial charge in [-0.05, 0) is 37.2 Å². The third-order valence-electron chi connectivity index (χ3n) is 5.98. The second-order valence-electron chi connectivity index (χ2n) is 7.45. The van der Waals surface area contributed by atoms with Gasteiger partial charge in [0.15, 0.2) is 5.69 Å². The van der Waals surface area contributed by atoms with Gasteiger partial charge in [0.1, 0.15) is 22.7 Å². The number of piperidine rings is 1. The molecule has 0 aromatic carbocycles. The van der Waals surface area contributed by atoms with Crippen molar-refractivity contribution in [1.29, 1.82) is 5.26 Å². The molecule has 2 fully saturated rings. The van der Waals surface area contributed by atoms with E-state index in [1.807, 2.05) is 0 Å². The maximum absolute atomic E-state index is 9.57. The topological polar surface area (TPSA) is 118 Å². The Balaban J connectivity index is 1.52. The maximum atomic E-state index is 9.57. The summed E-state index contributed by atoms with van der Waals surface area (Å²) >= 11 is 7.47. The molecule has 4 rings (SSSR count). The molecule has 1 aliphatic carbocycles. The lowest BCUT2D eigenvalue weighted by molar-refractivity contribution is 0.197. The minimum atomic E-state index is 0.252. The van der Waals surface area contributed by atoms with E-state index in [2.05, 4.69) is 25.9 Å². The largest absolute Gasteiger partial charge is 0.382 e. The fourth-order valence-electron chi connectivity index (χ4n) is 4.26. The molecule has 1 saturated heterocycles. The normalized spacial score (nSPS) is 21.0. The van der Waals surface area contributed by atoms with Gasteiger partial charge in [0, 0.05) is 30.2 Å². The minimum Gasteiger partial charge on any atom is -0.382 e. The number of rotatable bonds is 3. The molecule has 4 N–H and O–H groups in total. The van der Waals surface area contributed by atoms with Crippen LogP contribution in [0.15, 0.2) is 28.4 Å². The van der Waals surface area contributed by atoms with Gasteiger partial charge in [0.2, 0.25) is 0 Å². The van der Waals surface area contributed by atoms with Crippen LogP contribution in [0, 0.1) is 16.7 Å². The number of nitriles is 1. The van der Waals surface area contributed by atoms with E-state index in [1.165, 1.54) is 24.6 Å². The molecule has 0 radical (unpaired) electrons. The molecule has 3 heterocycles. The van der Waals surface area contributed by atoms with E-state index < -0.39 is 0 Å². The molecule has 2 aromatic rings. The van der Waals surface area contributed by atoms with Gasteiger partial charge < -0.3 is 16.4 Å². The smallest absolute Gasteiger partial charge is 0.175 e. The van der Waals surface area contributed by atoms with Crippen molar-refractivity contribution in [3.05, 3.63) is 29.2 Å². The Bertz CT molecular complexity index is 921. The van der Waals surface area contributed by atoms with Gasteiger partial charge in [-0.2, -0.15) is 5.26 Å². The highest BCUT2D eigenvalue weighted by molar-refractivity contribution is 7.99. The highest BCUT2D eigenvalue weighted by Gasteiger charge is 2.43. The van der Waals surface area contributed by atoms with Crippen LogP contribution in [0.3, 0.4) is 0 Å². The highest BCUT2D eigenvalue weighted by atomic mass is 35.5. The summed E-state index contributed by atoms with van der Waals surface area (Å²) in [7, 11) is 0. The Labute approximate surface area is 173 Å². The predicted molar refractivity (Wildman–Crippen MR) is 110 cm³/mol. The van der Waals surface area contributed by atoms with Gasteiger partial charge in [-0.25, -0.2) is 15.0 Å². The second-order valence-corrected chi connectivity index (χ2v) is 8.86. The Morgan fingerprint density at radius 1 is 1.29 bits per heavy atom. The average molecular weight is 416 g/mol. The van der Waals surface area contributed by atoms with Crippen molar-refractivity contribution in [2.75, 3.05) is 23.7 Å². The summed E-state index contributed by atoms with van der Waals surface area (Å²) in [5.74, 6) is 0.991. The third kappa shape index (κ3) is 3.50. The highest BCUT2D eigenvalue weighted by Crippen LogP contribution is 2.46. The summed E-state index contributed by atoms with van der Waals surface area (Å²) in [4.78, 5) is 15.9. The molecular weight excluding hydrogens is 394 g/mol. The molecule has 2 aromatic heterocycles. The monoisotopic (exact) mass is 415 g/mol. The summed E-state index contributed by atoms with van der Waals surface area (Å²) in [5.41, 5.74) is 12.7. The zero-order valence-corrected chi connectivity index (χ0v) is 17.0. The van der Waals surface area contributed by atoms with Crippen LogP contribution >= 0.6 is 23.4 Å². The van der Waals surface area contributed by atoms with E-state index in [4.69, 9.17) is 23.1 Å². The predicted octanol–water partition coefficient (Wildman–Crippen LogP) is 3.23. The van der Waals surface area contributed by atoms with Gasteiger partial charge in [-0.15, -0.1) is 0 Å². The molecule has 1 saturated carbocycles. The number of nitrogens with zero attached hydrogens (tertiary/aromatic N) is 5. The number of aromatic nitrogens is 3. The van der Waals surface area contributed by atoms with Crippen LogP contribution in [0.1, 0.15) is 37.8 Å². The van der Waals surface area contributed by atoms with E-state index in [-0.39, 0.29) is 16.9 Å². The van der Waals surface area contributed by atoms with Crippen molar-refractivity contribution >= 4 is 35.0 Å². The van der Waals surface area contributed by atoms with E-state index in [9.17, 15) is 5.26 Å². The fourth-order valence-corrected chi connectivity index (χ4v) is 5.31. The summed E-state index contributed by atoms with van der Waals surface area (Å²) < 4.78 is 0. The van der Waals surface area contributed by atoms with Crippen LogP contribution in [-0.2, 0) is 0 Å². The number of anilines is 2. The standard InChI is InChI=1S/C19H22ClN7S/c20-16-13(3-7-24-17(16)23)28-18-12(10-21)26-15(11-25-18)27-8-5-19(6-9-27)4-1-2-14(19)22/h3,7,11,14H,1-2,4-6,8-9,22H2,(H2,23,24). The zero-order chi connectivity index (χ0) is 19.7. The molecule has 1 spiro atoms. The Hall–Kier alpha value is -2.08. The first-order chi connectivity index (χ1) is 13.5. The lowest BCUT2D eigenvalue weighted by Gasteiger charge is -2.42. The van der Waals surface area contributed by atoms with Crippen LogP contribution < -0.4 is 16.4 Å². The summed E-state index contributed by atoms with van der Waals surface area (Å²) in [6.45, 7) is 1.79. The van der Waals surface area contributed by atoms with Crippen LogP contribution in [0.2, 0.25) is 5.02 Å². The molecule has 0 bridgehead atoms. The summed E-state index contributed by atoms with van der Waals surface area (Å²) in [6, 6.07) is 4.21. The average Bonchev–Trinajstić information content (AvgIpc) is 3.06. The molecule has 28 heavy (non-hydrogen) atoms. The molecule has 1 unspecified atom stereocenters. The summed E-state index contributed by atoms with van der Waals surface area (Å²) in [5, 5.41) is 10.4. The zero-order valence-electron chi connectivity index (χ0n) is 15.4. The van der Waals surface area contributed by atoms with Crippen molar-refractivity contribution in [2.45, 2.75) is 48.1 Å². The van der Waals surface area contributed by atoms with Crippen molar-refractivity contribution < 1.29 is 0 Å². The first-order valence-electron chi connectivity index (χ1n) is 9.38. The number of halogens is 1. The third-order valence-corrected chi connectivity index (χ3v) is 7.54. The van der Waals surface area contributed by atoms with E-state index in [0.29, 0.717) is 21.0 Å². The minimum absolute atomic E-state index is 0.252. The molecule has 1 aliphatic heterocycles. The van der Waals surface area contributed by atoms with Gasteiger partial charge in [-0.3, -0.25) is 0 Å². The van der Waals surface area contributed by atoms with Gasteiger partial charge in [0.25, 0.3) is 0 Å². The first-order valence-corrected chi connectivity index (χ1v) is 10.6. The molecule has 9 heteroatoms. The van der Waals surface area contributed by atoms with Crippen molar-refractivity contribution in [2.24, 2.45) is 11.1 Å². The Morgan fingerprint density at radius 2 is 2.07 bits per heavy atom. The lowest BCUT2D eigenvalue weighted by atomic mass is 9.74. The number of hydrogen-bond donors (Lipinski definition) is 2. The Morgan fingerprint density at radius 3 is 2.75 bits per heavy atom. The molecule has 0 amide bonds. The fraction of sp³-hybridized carbons (Fsp3) is 0.474. The van der Waals surface area contributed by atoms with Gasteiger partial charge in [-0.1, -0.05) is 29.8 Å². The van der Waals surface area contributed by atoms with Crippen LogP contribution in [-0.4, -0.2) is 34.1 Å². The van der Waals surface area contributed by atoms with Crippen molar-refractivity contribution in [1.82, 2.24) is 15.0 Å². The number of nitrogens with two attached hydrogens (primary N) is 2. The molecular formula is C19H22ClN7S. The Kier molecular flexibility index (Phi) is 5.32. The van der Waals surface area contributed by atoms with E-state index in [1.54, 1.807) is 18.5 Å². The quantitative estimate of drug-likeness (QED) is 0.784. The van der Waals surface area contributed by atoms with Gasteiger partial charge in [0.05, 0.1) is 11.2 Å². The van der Waals surface area contributed by atoms with E-state index in [0.717, 1.165) is 38.2 Å². The maximum Gasteiger partial charge on any atom is 0.175 e. The van der Waals surface area contributed by atoms with Crippen LogP contribution in [0.5, 0.6) is 0 Å². The number of hydrogen-bond acceptors (Lipinski definition) is 8. The SMILES string of the molecule is N#Cc1nc(N2CCC3(CCCC3N)CC2)cnc1Sc1ccnc(N)c1Cl. The lowest BCUT2D eigenvalue weighted by Crippen LogP contribution is -2.47. The number of nitrogen functional groups attached to an aromatic ring is 1. The summed E-state index contributed by atoms with van der Waals surface area (Å²) in [6.07, 6.45) is 9.03. The molecule has 1 atom stereocenters. The second kappa shape index (κ2) is 7.74. The molecule has 2 aliphatic rings. The number of pyridine rings is 1. The van der Waals surface area contributed by atoms with Gasteiger partial charge >= 0.3 is 0 Å². The van der Waals surface area contributed by atoms with Crippen molar-refractivity contribution in [3.63, 3.8) is 0 Å². The van der Waals surface area contributed by atoms with Crippen molar-refractivity contribution in [3.8, 4) is 6.07 Å².